The van der Waals surface area contributed by atoms with Crippen molar-refractivity contribution in [2.24, 2.45) is 11.8 Å². The van der Waals surface area contributed by atoms with Crippen molar-refractivity contribution in [1.29, 1.82) is 0 Å². The fourth-order valence-corrected chi connectivity index (χ4v) is 1.62. The van der Waals surface area contributed by atoms with Crippen molar-refractivity contribution >= 4 is 11.9 Å². The van der Waals surface area contributed by atoms with E-state index in [9.17, 15) is 19.8 Å². The van der Waals surface area contributed by atoms with Gasteiger partial charge in [-0.1, -0.05) is 6.42 Å². The van der Waals surface area contributed by atoms with E-state index in [2.05, 4.69) is 0 Å². The minimum atomic E-state index is -1.14. The molecule has 0 radical (unpaired) electrons. The summed E-state index contributed by atoms with van der Waals surface area (Å²) in [4.78, 5) is 20.8. The van der Waals surface area contributed by atoms with E-state index in [1.165, 1.54) is 0 Å². The molecule has 0 aromatic carbocycles. The lowest BCUT2D eigenvalue weighted by atomic mass is 9.81. The lowest BCUT2D eigenvalue weighted by Crippen LogP contribution is -2.40. The van der Waals surface area contributed by atoms with Crippen LogP contribution < -0.4 is 10.2 Å². The van der Waals surface area contributed by atoms with Crippen molar-refractivity contribution in [2.45, 2.75) is 25.7 Å². The molecule has 0 N–H and O–H groups in total. The Labute approximate surface area is 70.2 Å². The van der Waals surface area contributed by atoms with Gasteiger partial charge in [-0.3, -0.25) is 0 Å². The molecule has 0 bridgehead atoms. The van der Waals surface area contributed by atoms with Gasteiger partial charge in [0.1, 0.15) is 0 Å². The molecule has 1 aliphatic carbocycles. The number of hydrogen-bond donors (Lipinski definition) is 0. The second-order valence-electron chi connectivity index (χ2n) is 3.20. The van der Waals surface area contributed by atoms with Crippen molar-refractivity contribution in [3.63, 3.8) is 0 Å². The Bertz CT molecular complexity index is 179. The van der Waals surface area contributed by atoms with E-state index in [1.807, 2.05) is 0 Å². The zero-order chi connectivity index (χ0) is 9.14. The molecule has 0 saturated heterocycles. The minimum absolute atomic E-state index is 0.171. The highest BCUT2D eigenvalue weighted by molar-refractivity contribution is 5.72. The first-order chi connectivity index (χ1) is 5.61. The topological polar surface area (TPSA) is 80.3 Å². The largest absolute Gasteiger partial charge is 0.550 e. The molecule has 0 heterocycles. The third-order valence-corrected chi connectivity index (χ3v) is 2.34. The molecule has 1 rings (SSSR count). The predicted octanol–water partition coefficient (Wildman–Crippen LogP) is -1.71. The van der Waals surface area contributed by atoms with Gasteiger partial charge < -0.3 is 19.8 Å². The van der Waals surface area contributed by atoms with Crippen LogP contribution in [0.1, 0.15) is 25.7 Å². The molecule has 2 unspecified atom stereocenters. The molecule has 4 heteroatoms. The van der Waals surface area contributed by atoms with Crippen LogP contribution in [0, 0.1) is 11.8 Å². The van der Waals surface area contributed by atoms with Gasteiger partial charge in [-0.2, -0.15) is 0 Å². The van der Waals surface area contributed by atoms with Gasteiger partial charge in [-0.05, 0) is 31.1 Å². The van der Waals surface area contributed by atoms with Crippen LogP contribution in [0.15, 0.2) is 0 Å². The van der Waals surface area contributed by atoms with E-state index < -0.39 is 23.8 Å². The van der Waals surface area contributed by atoms with Crippen LogP contribution in [0.5, 0.6) is 0 Å². The predicted molar refractivity (Wildman–Crippen MR) is 35.5 cm³/mol. The summed E-state index contributed by atoms with van der Waals surface area (Å²) in [5.41, 5.74) is 0. The lowest BCUT2D eigenvalue weighted by molar-refractivity contribution is -0.317. The van der Waals surface area contributed by atoms with E-state index in [4.69, 9.17) is 0 Å². The van der Waals surface area contributed by atoms with Crippen molar-refractivity contribution in [2.75, 3.05) is 0 Å². The maximum atomic E-state index is 10.4. The van der Waals surface area contributed by atoms with E-state index in [0.29, 0.717) is 19.3 Å². The fraction of sp³-hybridized carbons (Fsp3) is 0.750. The first-order valence-corrected chi connectivity index (χ1v) is 4.03. The molecule has 12 heavy (non-hydrogen) atoms. The number of rotatable bonds is 2. The molecular formula is C8H10O4-2. The molecule has 1 saturated carbocycles. The molecule has 0 spiro atoms. The average Bonchev–Trinajstić information content (AvgIpc) is 2.04. The third kappa shape index (κ3) is 1.96. The molecule has 1 fully saturated rings. The molecule has 0 aromatic rings. The highest BCUT2D eigenvalue weighted by atomic mass is 16.4. The molecule has 0 amide bonds. The summed E-state index contributed by atoms with van der Waals surface area (Å²) >= 11 is 0. The van der Waals surface area contributed by atoms with Crippen LogP contribution in [0.3, 0.4) is 0 Å². The monoisotopic (exact) mass is 170 g/mol. The van der Waals surface area contributed by atoms with Crippen LogP contribution in [-0.4, -0.2) is 11.9 Å². The molecule has 4 nitrogen and oxygen atoms in total. The van der Waals surface area contributed by atoms with Gasteiger partial charge in [-0.15, -0.1) is 0 Å². The first-order valence-electron chi connectivity index (χ1n) is 4.03. The molecule has 0 aromatic heterocycles. The Balaban J connectivity index is 2.51. The molecule has 68 valence electrons. The number of carboxylic acid groups (broad SMARTS) is 2. The SMILES string of the molecule is O=C([O-])C1CCCC(C(=O)[O-])C1. The highest BCUT2D eigenvalue weighted by Gasteiger charge is 2.23. The Morgan fingerprint density at radius 2 is 1.42 bits per heavy atom. The standard InChI is InChI=1S/C8H12O4/c9-7(10)5-2-1-3-6(4-5)8(11)12/h5-6H,1-4H2,(H,9,10)(H,11,12)/p-2. The number of hydrogen-bond acceptors (Lipinski definition) is 4. The number of aliphatic carboxylic acids is 2. The molecular weight excluding hydrogens is 160 g/mol. The zero-order valence-electron chi connectivity index (χ0n) is 6.62. The van der Waals surface area contributed by atoms with Crippen LogP contribution in [0.2, 0.25) is 0 Å². The second-order valence-corrected chi connectivity index (χ2v) is 3.20. The Hall–Kier alpha value is -1.06. The molecule has 2 atom stereocenters. The van der Waals surface area contributed by atoms with E-state index in [1.54, 1.807) is 0 Å². The van der Waals surface area contributed by atoms with E-state index >= 15 is 0 Å². The highest BCUT2D eigenvalue weighted by Crippen LogP contribution is 2.28. The van der Waals surface area contributed by atoms with Crippen molar-refractivity contribution in [1.82, 2.24) is 0 Å². The summed E-state index contributed by atoms with van der Waals surface area (Å²) in [6.07, 6.45) is 1.88. The van der Waals surface area contributed by atoms with Crippen LogP contribution in [0.4, 0.5) is 0 Å². The van der Waals surface area contributed by atoms with E-state index in [0.717, 1.165) is 0 Å². The fourth-order valence-electron chi connectivity index (χ4n) is 1.62. The van der Waals surface area contributed by atoms with Gasteiger partial charge >= 0.3 is 0 Å². The van der Waals surface area contributed by atoms with Crippen LogP contribution in [-0.2, 0) is 9.59 Å². The number of carbonyl (C=O) groups is 2. The minimum Gasteiger partial charge on any atom is -0.550 e. The number of carbonyl (C=O) groups excluding carboxylic acids is 2. The maximum absolute atomic E-state index is 10.4. The van der Waals surface area contributed by atoms with Crippen LogP contribution in [0.25, 0.3) is 0 Å². The van der Waals surface area contributed by atoms with Gasteiger partial charge in [0.05, 0.1) is 0 Å². The summed E-state index contributed by atoms with van der Waals surface area (Å²) < 4.78 is 0. The van der Waals surface area contributed by atoms with Gasteiger partial charge in [0, 0.05) is 11.9 Å². The van der Waals surface area contributed by atoms with Gasteiger partial charge in [0.2, 0.25) is 0 Å². The smallest absolute Gasteiger partial charge is 0.0445 e. The maximum Gasteiger partial charge on any atom is 0.0445 e. The Morgan fingerprint density at radius 1 is 1.00 bits per heavy atom. The van der Waals surface area contributed by atoms with Gasteiger partial charge in [-0.25, -0.2) is 0 Å². The van der Waals surface area contributed by atoms with Gasteiger partial charge in [0.25, 0.3) is 0 Å². The summed E-state index contributed by atoms with van der Waals surface area (Å²) in [5, 5.41) is 20.8. The van der Waals surface area contributed by atoms with Crippen LogP contribution >= 0.6 is 0 Å². The van der Waals surface area contributed by atoms with Crippen molar-refractivity contribution < 1.29 is 19.8 Å². The summed E-state index contributed by atoms with van der Waals surface area (Å²) in [7, 11) is 0. The third-order valence-electron chi connectivity index (χ3n) is 2.34. The van der Waals surface area contributed by atoms with Crippen molar-refractivity contribution in [3.8, 4) is 0 Å². The molecule has 1 aliphatic rings. The quantitative estimate of drug-likeness (QED) is 0.494. The first kappa shape index (κ1) is 9.03. The van der Waals surface area contributed by atoms with E-state index in [-0.39, 0.29) is 6.42 Å². The average molecular weight is 170 g/mol. The Kier molecular flexibility index (Phi) is 2.68. The lowest BCUT2D eigenvalue weighted by Gasteiger charge is -2.29. The Morgan fingerprint density at radius 3 is 1.75 bits per heavy atom. The van der Waals surface area contributed by atoms with Gasteiger partial charge in [0.15, 0.2) is 0 Å². The summed E-state index contributed by atoms with van der Waals surface area (Å²) in [5.74, 6) is -3.47. The zero-order valence-corrected chi connectivity index (χ0v) is 6.62. The summed E-state index contributed by atoms with van der Waals surface area (Å²) in [6.45, 7) is 0. The number of carboxylic acids is 2. The second kappa shape index (κ2) is 3.56. The summed E-state index contributed by atoms with van der Waals surface area (Å²) in [6, 6.07) is 0. The molecule has 0 aliphatic heterocycles. The van der Waals surface area contributed by atoms with Crippen molar-refractivity contribution in [3.05, 3.63) is 0 Å². The normalized spacial score (nSPS) is 29.7.